The molecule has 23 heavy (non-hydrogen) atoms. The summed E-state index contributed by atoms with van der Waals surface area (Å²) in [6, 6.07) is 3.30. The molecule has 0 radical (unpaired) electrons. The maximum atomic E-state index is 13.3. The molecule has 2 atom stereocenters. The molecule has 0 saturated carbocycles. The molecule has 2 saturated heterocycles. The SMILES string of the molecule is Cc1cc(F)ccc1S(=O)(=O)N1C[C@@H]2COC[C@H](C1)N(C)C2=O. The van der Waals surface area contributed by atoms with Crippen LogP contribution in [0.25, 0.3) is 0 Å². The minimum Gasteiger partial charge on any atom is -0.378 e. The summed E-state index contributed by atoms with van der Waals surface area (Å²) in [6.07, 6.45) is 0. The summed E-state index contributed by atoms with van der Waals surface area (Å²) in [7, 11) is -2.11. The lowest BCUT2D eigenvalue weighted by Crippen LogP contribution is -2.45. The van der Waals surface area contributed by atoms with Gasteiger partial charge < -0.3 is 9.64 Å². The van der Waals surface area contributed by atoms with E-state index >= 15 is 0 Å². The number of nitrogens with zero attached hydrogens (tertiary/aromatic N) is 2. The number of amides is 1. The second kappa shape index (κ2) is 5.85. The van der Waals surface area contributed by atoms with Crippen molar-refractivity contribution in [3.63, 3.8) is 0 Å². The van der Waals surface area contributed by atoms with Gasteiger partial charge in [0.15, 0.2) is 0 Å². The monoisotopic (exact) mass is 342 g/mol. The van der Waals surface area contributed by atoms with Gasteiger partial charge in [-0.2, -0.15) is 4.31 Å². The van der Waals surface area contributed by atoms with E-state index in [1.165, 1.54) is 16.4 Å². The summed E-state index contributed by atoms with van der Waals surface area (Å²) >= 11 is 0. The molecule has 2 aliphatic heterocycles. The highest BCUT2D eigenvalue weighted by atomic mass is 32.2. The number of likely N-dealkylation sites (N-methyl/N-ethyl adjacent to an activating group) is 1. The van der Waals surface area contributed by atoms with Crippen LogP contribution in [-0.4, -0.2) is 62.9 Å². The Hall–Kier alpha value is -1.51. The standard InChI is InChI=1S/C15H19FN2O4S/c1-10-5-12(16)3-4-14(10)23(20,21)18-6-11-8-22-9-13(7-18)17(2)15(11)19/h3-5,11,13H,6-9H2,1-2H3/t11-,13+/m1/s1. The summed E-state index contributed by atoms with van der Waals surface area (Å²) < 4.78 is 46.0. The summed E-state index contributed by atoms with van der Waals surface area (Å²) in [4.78, 5) is 14.0. The third kappa shape index (κ3) is 2.86. The lowest BCUT2D eigenvalue weighted by atomic mass is 10.1. The summed E-state index contributed by atoms with van der Waals surface area (Å²) in [5.41, 5.74) is 0.357. The van der Waals surface area contributed by atoms with Crippen molar-refractivity contribution in [2.75, 3.05) is 33.4 Å². The maximum absolute atomic E-state index is 13.3. The van der Waals surface area contributed by atoms with E-state index in [9.17, 15) is 17.6 Å². The van der Waals surface area contributed by atoms with Gasteiger partial charge in [0.2, 0.25) is 15.9 Å². The van der Waals surface area contributed by atoms with Gasteiger partial charge in [-0.3, -0.25) is 4.79 Å². The minimum absolute atomic E-state index is 0.0786. The predicted molar refractivity (Wildman–Crippen MR) is 80.8 cm³/mol. The molecule has 2 fully saturated rings. The van der Waals surface area contributed by atoms with Crippen LogP contribution in [0.5, 0.6) is 0 Å². The largest absolute Gasteiger partial charge is 0.378 e. The molecule has 3 rings (SSSR count). The summed E-state index contributed by atoms with van der Waals surface area (Å²) in [5, 5.41) is 0. The Morgan fingerprint density at radius 3 is 2.70 bits per heavy atom. The first kappa shape index (κ1) is 16.4. The van der Waals surface area contributed by atoms with Gasteiger partial charge in [0.25, 0.3) is 0 Å². The minimum atomic E-state index is -3.79. The van der Waals surface area contributed by atoms with Crippen molar-refractivity contribution in [1.82, 2.24) is 9.21 Å². The molecule has 6 nitrogen and oxygen atoms in total. The van der Waals surface area contributed by atoms with E-state index in [2.05, 4.69) is 0 Å². The van der Waals surface area contributed by atoms with Crippen LogP contribution in [0.1, 0.15) is 5.56 Å². The first-order chi connectivity index (χ1) is 10.8. The molecule has 2 bridgehead atoms. The van der Waals surface area contributed by atoms with Gasteiger partial charge in [0.1, 0.15) is 5.82 Å². The zero-order valence-corrected chi connectivity index (χ0v) is 13.8. The number of carbonyl (C=O) groups excluding carboxylic acids is 1. The first-order valence-corrected chi connectivity index (χ1v) is 8.85. The molecule has 126 valence electrons. The van der Waals surface area contributed by atoms with E-state index in [0.29, 0.717) is 12.2 Å². The van der Waals surface area contributed by atoms with Crippen LogP contribution >= 0.6 is 0 Å². The van der Waals surface area contributed by atoms with Gasteiger partial charge in [-0.25, -0.2) is 12.8 Å². The Labute approximate surface area is 134 Å². The third-order valence-electron chi connectivity index (χ3n) is 4.47. The maximum Gasteiger partial charge on any atom is 0.243 e. The number of halogens is 1. The molecule has 0 unspecified atom stereocenters. The highest BCUT2D eigenvalue weighted by molar-refractivity contribution is 7.89. The fraction of sp³-hybridized carbons (Fsp3) is 0.533. The molecule has 8 heteroatoms. The zero-order chi connectivity index (χ0) is 16.8. The number of hydrogen-bond donors (Lipinski definition) is 0. The van der Waals surface area contributed by atoms with Crippen molar-refractivity contribution >= 4 is 15.9 Å². The van der Waals surface area contributed by atoms with Crippen LogP contribution in [0, 0.1) is 18.7 Å². The molecule has 0 N–H and O–H groups in total. The van der Waals surface area contributed by atoms with Gasteiger partial charge in [-0.05, 0) is 30.7 Å². The quantitative estimate of drug-likeness (QED) is 0.790. The highest BCUT2D eigenvalue weighted by Crippen LogP contribution is 2.26. The average molecular weight is 342 g/mol. The van der Waals surface area contributed by atoms with Crippen molar-refractivity contribution in [3.05, 3.63) is 29.6 Å². The van der Waals surface area contributed by atoms with Gasteiger partial charge in [0, 0.05) is 20.1 Å². The van der Waals surface area contributed by atoms with Gasteiger partial charge in [-0.1, -0.05) is 0 Å². The van der Waals surface area contributed by atoms with Crippen LogP contribution in [0.2, 0.25) is 0 Å². The van der Waals surface area contributed by atoms with Crippen LogP contribution < -0.4 is 0 Å². The Morgan fingerprint density at radius 2 is 2.00 bits per heavy atom. The number of fused-ring (bicyclic) bond motifs is 3. The Morgan fingerprint density at radius 1 is 1.26 bits per heavy atom. The number of rotatable bonds is 2. The van der Waals surface area contributed by atoms with Crippen molar-refractivity contribution in [2.45, 2.75) is 17.9 Å². The molecule has 0 aromatic heterocycles. The van der Waals surface area contributed by atoms with Crippen molar-refractivity contribution in [1.29, 1.82) is 0 Å². The van der Waals surface area contributed by atoms with Crippen LogP contribution in [0.3, 0.4) is 0 Å². The lowest BCUT2D eigenvalue weighted by Gasteiger charge is -2.29. The lowest BCUT2D eigenvalue weighted by molar-refractivity contribution is -0.133. The topological polar surface area (TPSA) is 66.9 Å². The third-order valence-corrected chi connectivity index (χ3v) is 6.46. The zero-order valence-electron chi connectivity index (χ0n) is 13.0. The van der Waals surface area contributed by atoms with E-state index in [0.717, 1.165) is 6.07 Å². The van der Waals surface area contributed by atoms with Gasteiger partial charge >= 0.3 is 0 Å². The fourth-order valence-corrected chi connectivity index (χ4v) is 4.82. The number of ether oxygens (including phenoxy) is 1. The second-order valence-electron chi connectivity index (χ2n) is 6.07. The van der Waals surface area contributed by atoms with Crippen LogP contribution in [0.15, 0.2) is 23.1 Å². The number of benzene rings is 1. The van der Waals surface area contributed by atoms with Crippen molar-refractivity contribution in [2.24, 2.45) is 5.92 Å². The fourth-order valence-electron chi connectivity index (χ4n) is 3.10. The molecule has 1 amide bonds. The Balaban J connectivity index is 1.99. The molecule has 0 aliphatic carbocycles. The molecule has 0 spiro atoms. The molecule has 1 aromatic carbocycles. The molecular weight excluding hydrogens is 323 g/mol. The van der Waals surface area contributed by atoms with Crippen LogP contribution in [-0.2, 0) is 19.6 Å². The number of hydrogen-bond acceptors (Lipinski definition) is 4. The Bertz CT molecular complexity index is 737. The molecular formula is C15H19FN2O4S. The van der Waals surface area contributed by atoms with Gasteiger partial charge in [0.05, 0.1) is 30.1 Å². The van der Waals surface area contributed by atoms with Gasteiger partial charge in [-0.15, -0.1) is 0 Å². The second-order valence-corrected chi connectivity index (χ2v) is 7.98. The predicted octanol–water partition coefficient (Wildman–Crippen LogP) is 0.612. The van der Waals surface area contributed by atoms with E-state index in [4.69, 9.17) is 4.74 Å². The van der Waals surface area contributed by atoms with Crippen LogP contribution in [0.4, 0.5) is 4.39 Å². The summed E-state index contributed by atoms with van der Waals surface area (Å²) in [6.45, 7) is 2.35. The smallest absolute Gasteiger partial charge is 0.243 e. The average Bonchev–Trinajstić information content (AvgIpc) is 2.64. The highest BCUT2D eigenvalue weighted by Gasteiger charge is 2.41. The first-order valence-electron chi connectivity index (χ1n) is 7.41. The number of aryl methyl sites for hydroxylation is 1. The van der Waals surface area contributed by atoms with E-state index in [1.54, 1.807) is 18.9 Å². The number of sulfonamides is 1. The molecule has 2 heterocycles. The normalized spacial score (nSPS) is 26.2. The van der Waals surface area contributed by atoms with E-state index in [1.807, 2.05) is 0 Å². The Kier molecular flexibility index (Phi) is 4.16. The van der Waals surface area contributed by atoms with E-state index < -0.39 is 21.8 Å². The van der Waals surface area contributed by atoms with Crippen molar-refractivity contribution in [3.8, 4) is 0 Å². The molecule has 2 aliphatic rings. The summed E-state index contributed by atoms with van der Waals surface area (Å²) in [5.74, 6) is -1.08. The number of carbonyl (C=O) groups is 1. The van der Waals surface area contributed by atoms with Crippen molar-refractivity contribution < 1.29 is 22.3 Å². The van der Waals surface area contributed by atoms with E-state index in [-0.39, 0.29) is 36.5 Å². The molecule has 1 aromatic rings.